The SMILES string of the molecule is CC(C)C(CN)C(=O)N1CCCC1Cc1ccccc1. The first-order valence-corrected chi connectivity index (χ1v) is 7.68. The lowest BCUT2D eigenvalue weighted by Crippen LogP contribution is -2.44. The number of nitrogens with zero attached hydrogens (tertiary/aromatic N) is 1. The van der Waals surface area contributed by atoms with Gasteiger partial charge < -0.3 is 10.6 Å². The molecular weight excluding hydrogens is 248 g/mol. The number of benzene rings is 1. The van der Waals surface area contributed by atoms with Gasteiger partial charge in [-0.3, -0.25) is 4.79 Å². The molecule has 1 saturated heterocycles. The van der Waals surface area contributed by atoms with Crippen molar-refractivity contribution in [1.82, 2.24) is 4.90 Å². The first-order chi connectivity index (χ1) is 9.63. The van der Waals surface area contributed by atoms with Crippen LogP contribution in [-0.2, 0) is 11.2 Å². The van der Waals surface area contributed by atoms with Crippen LogP contribution in [-0.4, -0.2) is 29.9 Å². The molecule has 110 valence electrons. The topological polar surface area (TPSA) is 46.3 Å². The summed E-state index contributed by atoms with van der Waals surface area (Å²) >= 11 is 0. The Morgan fingerprint density at radius 2 is 2.05 bits per heavy atom. The van der Waals surface area contributed by atoms with Gasteiger partial charge in [0.2, 0.25) is 5.91 Å². The van der Waals surface area contributed by atoms with Gasteiger partial charge in [-0.15, -0.1) is 0 Å². The highest BCUT2D eigenvalue weighted by atomic mass is 16.2. The standard InChI is InChI=1S/C17H26N2O/c1-13(2)16(12-18)17(20)19-10-6-9-15(19)11-14-7-4-3-5-8-14/h3-5,7-8,13,15-16H,6,9-12,18H2,1-2H3. The fraction of sp³-hybridized carbons (Fsp3) is 0.588. The monoisotopic (exact) mass is 274 g/mol. The van der Waals surface area contributed by atoms with Crippen molar-refractivity contribution in [3.8, 4) is 0 Å². The maximum absolute atomic E-state index is 12.7. The fourth-order valence-corrected chi connectivity index (χ4v) is 3.10. The number of nitrogens with two attached hydrogens (primary N) is 1. The summed E-state index contributed by atoms with van der Waals surface area (Å²) in [6.07, 6.45) is 3.18. The summed E-state index contributed by atoms with van der Waals surface area (Å²) in [7, 11) is 0. The third-order valence-electron chi connectivity index (χ3n) is 4.35. The number of amides is 1. The number of carbonyl (C=O) groups is 1. The summed E-state index contributed by atoms with van der Waals surface area (Å²) in [6.45, 7) is 5.50. The molecule has 2 atom stereocenters. The van der Waals surface area contributed by atoms with E-state index in [9.17, 15) is 4.79 Å². The second kappa shape index (κ2) is 6.89. The maximum Gasteiger partial charge on any atom is 0.227 e. The van der Waals surface area contributed by atoms with Crippen molar-refractivity contribution in [2.75, 3.05) is 13.1 Å². The lowest BCUT2D eigenvalue weighted by molar-refractivity contribution is -0.137. The Morgan fingerprint density at radius 3 is 2.65 bits per heavy atom. The zero-order valence-corrected chi connectivity index (χ0v) is 12.6. The van der Waals surface area contributed by atoms with Gasteiger partial charge in [0.15, 0.2) is 0 Å². The van der Waals surface area contributed by atoms with Gasteiger partial charge in [-0.25, -0.2) is 0 Å². The van der Waals surface area contributed by atoms with Crippen molar-refractivity contribution >= 4 is 5.91 Å². The smallest absolute Gasteiger partial charge is 0.227 e. The molecule has 20 heavy (non-hydrogen) atoms. The minimum atomic E-state index is -0.0358. The molecule has 1 aromatic rings. The van der Waals surface area contributed by atoms with Gasteiger partial charge in [-0.05, 0) is 30.7 Å². The highest BCUT2D eigenvalue weighted by molar-refractivity contribution is 5.80. The van der Waals surface area contributed by atoms with E-state index in [1.807, 2.05) is 6.07 Å². The first-order valence-electron chi connectivity index (χ1n) is 7.68. The van der Waals surface area contributed by atoms with Crippen LogP contribution in [0.1, 0.15) is 32.3 Å². The average Bonchev–Trinajstić information content (AvgIpc) is 2.88. The van der Waals surface area contributed by atoms with Crippen LogP contribution < -0.4 is 5.73 Å². The Bertz CT molecular complexity index is 430. The molecule has 1 aliphatic heterocycles. The van der Waals surface area contributed by atoms with Gasteiger partial charge in [0.05, 0.1) is 5.92 Å². The number of rotatable bonds is 5. The summed E-state index contributed by atoms with van der Waals surface area (Å²) in [4.78, 5) is 14.7. The van der Waals surface area contributed by atoms with E-state index in [1.54, 1.807) is 0 Å². The molecule has 0 saturated carbocycles. The van der Waals surface area contributed by atoms with Gasteiger partial charge in [0, 0.05) is 19.1 Å². The minimum Gasteiger partial charge on any atom is -0.339 e. The van der Waals surface area contributed by atoms with E-state index in [2.05, 4.69) is 43.0 Å². The number of likely N-dealkylation sites (tertiary alicyclic amines) is 1. The van der Waals surface area contributed by atoms with Gasteiger partial charge in [0.1, 0.15) is 0 Å². The largest absolute Gasteiger partial charge is 0.339 e. The minimum absolute atomic E-state index is 0.0358. The Kier molecular flexibility index (Phi) is 5.18. The molecule has 1 fully saturated rings. The van der Waals surface area contributed by atoms with Crippen molar-refractivity contribution in [3.05, 3.63) is 35.9 Å². The van der Waals surface area contributed by atoms with Crippen LogP contribution in [0.25, 0.3) is 0 Å². The highest BCUT2D eigenvalue weighted by Gasteiger charge is 2.33. The molecule has 2 rings (SSSR count). The summed E-state index contributed by atoms with van der Waals surface area (Å²) in [5.41, 5.74) is 7.10. The maximum atomic E-state index is 12.7. The average molecular weight is 274 g/mol. The number of hydrogen-bond donors (Lipinski definition) is 1. The van der Waals surface area contributed by atoms with E-state index in [1.165, 1.54) is 5.56 Å². The predicted molar refractivity (Wildman–Crippen MR) is 82.3 cm³/mol. The zero-order chi connectivity index (χ0) is 14.5. The zero-order valence-electron chi connectivity index (χ0n) is 12.6. The lowest BCUT2D eigenvalue weighted by Gasteiger charge is -2.30. The molecule has 2 N–H and O–H groups in total. The Hall–Kier alpha value is -1.35. The fourth-order valence-electron chi connectivity index (χ4n) is 3.10. The van der Waals surface area contributed by atoms with Crippen LogP contribution in [0, 0.1) is 11.8 Å². The Labute approximate surface area is 122 Å². The number of hydrogen-bond acceptors (Lipinski definition) is 2. The molecule has 1 aromatic carbocycles. The van der Waals surface area contributed by atoms with E-state index in [0.717, 1.165) is 25.8 Å². The summed E-state index contributed by atoms with van der Waals surface area (Å²) in [5.74, 6) is 0.526. The van der Waals surface area contributed by atoms with E-state index in [4.69, 9.17) is 5.73 Å². The Morgan fingerprint density at radius 1 is 1.35 bits per heavy atom. The highest BCUT2D eigenvalue weighted by Crippen LogP contribution is 2.25. The van der Waals surface area contributed by atoms with Crippen molar-refractivity contribution in [1.29, 1.82) is 0 Å². The van der Waals surface area contributed by atoms with Gasteiger partial charge in [-0.2, -0.15) is 0 Å². The quantitative estimate of drug-likeness (QED) is 0.896. The first kappa shape index (κ1) is 15.0. The van der Waals surface area contributed by atoms with Gasteiger partial charge in [0.25, 0.3) is 0 Å². The molecule has 3 heteroatoms. The van der Waals surface area contributed by atoms with Crippen molar-refractivity contribution in [2.24, 2.45) is 17.6 Å². The van der Waals surface area contributed by atoms with Gasteiger partial charge >= 0.3 is 0 Å². The Balaban J connectivity index is 2.05. The normalized spacial score (nSPS) is 20.4. The van der Waals surface area contributed by atoms with E-state index >= 15 is 0 Å². The third-order valence-corrected chi connectivity index (χ3v) is 4.35. The van der Waals surface area contributed by atoms with Crippen LogP contribution in [0.5, 0.6) is 0 Å². The molecule has 3 nitrogen and oxygen atoms in total. The van der Waals surface area contributed by atoms with E-state index in [-0.39, 0.29) is 11.8 Å². The second-order valence-electron chi connectivity index (χ2n) is 6.10. The van der Waals surface area contributed by atoms with Crippen molar-refractivity contribution in [3.63, 3.8) is 0 Å². The van der Waals surface area contributed by atoms with E-state index in [0.29, 0.717) is 18.5 Å². The summed E-state index contributed by atoms with van der Waals surface area (Å²) in [6, 6.07) is 10.8. The van der Waals surface area contributed by atoms with Crippen LogP contribution in [0.3, 0.4) is 0 Å². The molecule has 1 amide bonds. The second-order valence-corrected chi connectivity index (χ2v) is 6.10. The molecule has 0 bridgehead atoms. The molecule has 0 aliphatic carbocycles. The molecule has 1 heterocycles. The van der Waals surface area contributed by atoms with Crippen molar-refractivity contribution < 1.29 is 4.79 Å². The van der Waals surface area contributed by atoms with Gasteiger partial charge in [-0.1, -0.05) is 44.2 Å². The van der Waals surface area contributed by atoms with Crippen LogP contribution >= 0.6 is 0 Å². The van der Waals surface area contributed by atoms with Crippen LogP contribution in [0.4, 0.5) is 0 Å². The lowest BCUT2D eigenvalue weighted by atomic mass is 9.93. The van der Waals surface area contributed by atoms with Crippen LogP contribution in [0.15, 0.2) is 30.3 Å². The molecule has 2 unspecified atom stereocenters. The predicted octanol–water partition coefficient (Wildman–Crippen LogP) is 2.45. The van der Waals surface area contributed by atoms with Crippen molar-refractivity contribution in [2.45, 2.75) is 39.2 Å². The molecule has 1 aliphatic rings. The third kappa shape index (κ3) is 3.40. The van der Waals surface area contributed by atoms with Crippen LogP contribution in [0.2, 0.25) is 0 Å². The molecular formula is C17H26N2O. The summed E-state index contributed by atoms with van der Waals surface area (Å²) in [5, 5.41) is 0. The molecule has 0 spiro atoms. The number of carbonyl (C=O) groups excluding carboxylic acids is 1. The molecule has 0 radical (unpaired) electrons. The molecule has 0 aromatic heterocycles. The summed E-state index contributed by atoms with van der Waals surface area (Å²) < 4.78 is 0. The van der Waals surface area contributed by atoms with E-state index < -0.39 is 0 Å².